The van der Waals surface area contributed by atoms with Gasteiger partial charge in [0.25, 0.3) is 11.8 Å². The van der Waals surface area contributed by atoms with Crippen LogP contribution in [0.2, 0.25) is 0 Å². The Bertz CT molecular complexity index is 1410. The first-order valence-electron chi connectivity index (χ1n) is 15.8. The number of anilines is 1. The van der Waals surface area contributed by atoms with Crippen LogP contribution in [0.25, 0.3) is 5.69 Å². The minimum absolute atomic E-state index is 0.0745. The molecule has 43 heavy (non-hydrogen) atoms. The predicted molar refractivity (Wildman–Crippen MR) is 168 cm³/mol. The number of carbonyl (C=O) groups excluding carboxylic acids is 2. The molecular weight excluding hydrogens is 542 g/mol. The lowest BCUT2D eigenvalue weighted by atomic mass is 9.93. The van der Waals surface area contributed by atoms with E-state index in [0.29, 0.717) is 56.2 Å². The molecule has 1 fully saturated rings. The van der Waals surface area contributed by atoms with Crippen LogP contribution in [0, 0.1) is 6.92 Å². The van der Waals surface area contributed by atoms with Crippen LogP contribution in [0.15, 0.2) is 48.5 Å². The van der Waals surface area contributed by atoms with Gasteiger partial charge in [-0.15, -0.1) is 0 Å². The molecule has 0 aliphatic carbocycles. The van der Waals surface area contributed by atoms with E-state index in [0.717, 1.165) is 61.3 Å². The molecule has 2 aliphatic heterocycles. The van der Waals surface area contributed by atoms with Crippen molar-refractivity contribution in [3.05, 3.63) is 76.6 Å². The molecule has 5 rings (SSSR count). The van der Waals surface area contributed by atoms with E-state index in [1.807, 2.05) is 54.3 Å². The standard InChI is InChI=1S/C34H45N5O4/c1-4-6-14-37(15-7-5-2)34(42)31-20-25(3)39(35-31)32-13-12-28(36-16-18-43-19-17-36)22-30(32)33(41)38-23-27-11-9-8-10-26(27)21-29(38)24-40/h8-13,20,22,29,40H,4-7,14-19,21,23-24H2,1-3H3. The van der Waals surface area contributed by atoms with E-state index in [-0.39, 0.29) is 24.5 Å². The van der Waals surface area contributed by atoms with Gasteiger partial charge in [-0.2, -0.15) is 5.10 Å². The van der Waals surface area contributed by atoms with Crippen molar-refractivity contribution in [3.8, 4) is 5.69 Å². The van der Waals surface area contributed by atoms with Gasteiger partial charge in [0, 0.05) is 44.1 Å². The molecule has 230 valence electrons. The number of unbranched alkanes of at least 4 members (excludes halogenated alkanes) is 2. The first-order valence-corrected chi connectivity index (χ1v) is 15.8. The number of fused-ring (bicyclic) bond motifs is 1. The second-order valence-corrected chi connectivity index (χ2v) is 11.6. The molecule has 2 aromatic carbocycles. The summed E-state index contributed by atoms with van der Waals surface area (Å²) in [5.74, 6) is -0.233. The summed E-state index contributed by atoms with van der Waals surface area (Å²) in [6.07, 6.45) is 4.52. The smallest absolute Gasteiger partial charge is 0.274 e. The highest BCUT2D eigenvalue weighted by atomic mass is 16.5. The number of morpholine rings is 1. The topological polar surface area (TPSA) is 91.1 Å². The van der Waals surface area contributed by atoms with E-state index in [2.05, 4.69) is 24.8 Å². The number of aromatic nitrogens is 2. The highest BCUT2D eigenvalue weighted by Gasteiger charge is 2.32. The number of aliphatic hydroxyl groups excluding tert-OH is 1. The molecule has 3 heterocycles. The largest absolute Gasteiger partial charge is 0.394 e. The average Bonchev–Trinajstić information content (AvgIpc) is 3.44. The fraction of sp³-hybridized carbons (Fsp3) is 0.500. The lowest BCUT2D eigenvalue weighted by molar-refractivity contribution is 0.0544. The monoisotopic (exact) mass is 587 g/mol. The first kappa shape index (κ1) is 30.8. The Morgan fingerprint density at radius 1 is 1.00 bits per heavy atom. The van der Waals surface area contributed by atoms with Gasteiger partial charge in [-0.25, -0.2) is 4.68 Å². The summed E-state index contributed by atoms with van der Waals surface area (Å²) in [6, 6.07) is 15.5. The molecule has 0 bridgehead atoms. The van der Waals surface area contributed by atoms with Gasteiger partial charge in [0.15, 0.2) is 5.69 Å². The Balaban J connectivity index is 1.53. The number of aryl methyl sites for hydroxylation is 1. The molecule has 1 saturated heterocycles. The van der Waals surface area contributed by atoms with Crippen molar-refractivity contribution in [1.82, 2.24) is 19.6 Å². The molecule has 1 atom stereocenters. The summed E-state index contributed by atoms with van der Waals surface area (Å²) in [5.41, 5.74) is 5.50. The third-order valence-electron chi connectivity index (χ3n) is 8.60. The molecule has 1 aromatic heterocycles. The Labute approximate surface area is 255 Å². The molecule has 9 nitrogen and oxygen atoms in total. The van der Waals surface area contributed by atoms with Crippen molar-refractivity contribution < 1.29 is 19.4 Å². The molecule has 9 heteroatoms. The second kappa shape index (κ2) is 14.2. The van der Waals surface area contributed by atoms with E-state index >= 15 is 0 Å². The Hall–Kier alpha value is -3.69. The van der Waals surface area contributed by atoms with Gasteiger partial charge >= 0.3 is 0 Å². The number of aliphatic hydroxyl groups is 1. The SMILES string of the molecule is CCCCN(CCCC)C(=O)c1cc(C)n(-c2ccc(N3CCOCC3)cc2C(=O)N2Cc3ccccc3CC2CO)n1. The van der Waals surface area contributed by atoms with Gasteiger partial charge in [0.2, 0.25) is 0 Å². The predicted octanol–water partition coefficient (Wildman–Crippen LogP) is 4.62. The van der Waals surface area contributed by atoms with Gasteiger partial charge in [-0.05, 0) is 61.6 Å². The molecule has 1 unspecified atom stereocenters. The van der Waals surface area contributed by atoms with Crippen molar-refractivity contribution in [2.24, 2.45) is 0 Å². The normalized spacial score (nSPS) is 16.7. The highest BCUT2D eigenvalue weighted by molar-refractivity contribution is 5.99. The summed E-state index contributed by atoms with van der Waals surface area (Å²) >= 11 is 0. The zero-order valence-corrected chi connectivity index (χ0v) is 25.8. The number of benzene rings is 2. The van der Waals surface area contributed by atoms with E-state index in [9.17, 15) is 14.7 Å². The summed E-state index contributed by atoms with van der Waals surface area (Å²) in [7, 11) is 0. The average molecular weight is 588 g/mol. The maximum Gasteiger partial charge on any atom is 0.274 e. The van der Waals surface area contributed by atoms with Crippen LogP contribution < -0.4 is 4.90 Å². The third kappa shape index (κ3) is 6.78. The number of carbonyl (C=O) groups is 2. The zero-order chi connectivity index (χ0) is 30.3. The van der Waals surface area contributed by atoms with E-state index < -0.39 is 0 Å². The Morgan fingerprint density at radius 2 is 1.70 bits per heavy atom. The molecular formula is C34H45N5O4. The number of nitrogens with zero attached hydrogens (tertiary/aromatic N) is 5. The molecule has 2 amide bonds. The lowest BCUT2D eigenvalue weighted by Crippen LogP contribution is -2.46. The van der Waals surface area contributed by atoms with Crippen molar-refractivity contribution in [3.63, 3.8) is 0 Å². The van der Waals surface area contributed by atoms with Crippen LogP contribution in [0.1, 0.15) is 77.2 Å². The molecule has 3 aromatic rings. The van der Waals surface area contributed by atoms with Gasteiger partial charge in [0.1, 0.15) is 0 Å². The van der Waals surface area contributed by atoms with E-state index in [1.54, 1.807) is 9.58 Å². The van der Waals surface area contributed by atoms with Crippen LogP contribution in [-0.2, 0) is 17.7 Å². The van der Waals surface area contributed by atoms with Crippen molar-refractivity contribution in [2.75, 3.05) is 50.9 Å². The van der Waals surface area contributed by atoms with Crippen LogP contribution in [0.4, 0.5) is 5.69 Å². The summed E-state index contributed by atoms with van der Waals surface area (Å²) in [6.45, 7) is 10.7. The zero-order valence-electron chi connectivity index (χ0n) is 25.8. The second-order valence-electron chi connectivity index (χ2n) is 11.6. The molecule has 2 aliphatic rings. The Kier molecular flexibility index (Phi) is 10.1. The summed E-state index contributed by atoms with van der Waals surface area (Å²) < 4.78 is 7.29. The summed E-state index contributed by atoms with van der Waals surface area (Å²) in [5, 5.41) is 15.1. The fourth-order valence-corrected chi connectivity index (χ4v) is 6.04. The van der Waals surface area contributed by atoms with Gasteiger partial charge < -0.3 is 24.5 Å². The van der Waals surface area contributed by atoms with Crippen molar-refractivity contribution >= 4 is 17.5 Å². The van der Waals surface area contributed by atoms with Gasteiger partial charge in [-0.1, -0.05) is 51.0 Å². The number of hydrogen-bond acceptors (Lipinski definition) is 6. The summed E-state index contributed by atoms with van der Waals surface area (Å²) in [4.78, 5) is 34.0. The number of hydrogen-bond donors (Lipinski definition) is 1. The maximum absolute atomic E-state index is 14.5. The molecule has 0 saturated carbocycles. The van der Waals surface area contributed by atoms with Gasteiger partial charge in [0.05, 0.1) is 37.1 Å². The van der Waals surface area contributed by atoms with E-state index in [4.69, 9.17) is 9.84 Å². The lowest BCUT2D eigenvalue weighted by Gasteiger charge is -2.37. The van der Waals surface area contributed by atoms with Crippen molar-refractivity contribution in [1.29, 1.82) is 0 Å². The maximum atomic E-state index is 14.5. The van der Waals surface area contributed by atoms with E-state index in [1.165, 1.54) is 0 Å². The first-order chi connectivity index (χ1) is 20.9. The van der Waals surface area contributed by atoms with Crippen LogP contribution >= 0.6 is 0 Å². The molecule has 0 radical (unpaired) electrons. The fourth-order valence-electron chi connectivity index (χ4n) is 6.04. The van der Waals surface area contributed by atoms with Crippen LogP contribution in [-0.4, -0.2) is 88.5 Å². The molecule has 0 spiro atoms. The third-order valence-corrected chi connectivity index (χ3v) is 8.60. The van der Waals surface area contributed by atoms with Crippen molar-refractivity contribution in [2.45, 2.75) is 65.5 Å². The van der Waals surface area contributed by atoms with Crippen LogP contribution in [0.3, 0.4) is 0 Å². The van der Waals surface area contributed by atoms with Gasteiger partial charge in [-0.3, -0.25) is 9.59 Å². The van der Waals surface area contributed by atoms with Crippen LogP contribution in [0.5, 0.6) is 0 Å². The Morgan fingerprint density at radius 3 is 2.37 bits per heavy atom. The minimum Gasteiger partial charge on any atom is -0.394 e. The minimum atomic E-state index is -0.330. The quantitative estimate of drug-likeness (QED) is 0.352. The number of ether oxygens (including phenoxy) is 1. The number of amides is 2. The highest BCUT2D eigenvalue weighted by Crippen LogP contribution is 2.30. The molecule has 1 N–H and O–H groups in total. The number of rotatable bonds is 11.